The maximum Gasteiger partial charge on any atom is 0.335 e. The van der Waals surface area contributed by atoms with Crippen LogP contribution in [0.25, 0.3) is 0 Å². The van der Waals surface area contributed by atoms with Gasteiger partial charge in [0, 0.05) is 31.4 Å². The van der Waals surface area contributed by atoms with E-state index in [9.17, 15) is 24.8 Å². The topological polar surface area (TPSA) is 104 Å². The SMILES string of the molecule is Cc1ccc(C[C@H]2C(=O)N(CCCc3ccccc3)C=CN2c2ccc(C(=O)O)cc2[N+](=O)[O-])cc1. The standard InChI is InChI=1S/C28H27N3O5/c1-20-9-11-22(12-10-20)18-26-27(32)29(15-5-8-21-6-3-2-4-7-21)16-17-30(26)24-14-13-23(28(33)34)19-25(24)31(35)36/h2-4,6-7,9-14,16-17,19,26H,5,8,15,18H2,1H3,(H,33,34)/t26-/m0/s1. The molecule has 8 heteroatoms. The van der Waals surface area contributed by atoms with Crippen molar-refractivity contribution in [3.05, 3.63) is 118 Å². The van der Waals surface area contributed by atoms with Crippen molar-refractivity contribution in [1.82, 2.24) is 4.90 Å². The number of hydrogen-bond donors (Lipinski definition) is 1. The molecule has 0 aliphatic carbocycles. The van der Waals surface area contributed by atoms with E-state index in [-0.39, 0.29) is 22.8 Å². The number of carbonyl (C=O) groups is 2. The first-order chi connectivity index (χ1) is 17.3. The zero-order valence-corrected chi connectivity index (χ0v) is 19.9. The van der Waals surface area contributed by atoms with Crippen molar-refractivity contribution in [3.63, 3.8) is 0 Å². The van der Waals surface area contributed by atoms with Crippen LogP contribution in [0.1, 0.15) is 33.5 Å². The molecule has 0 saturated heterocycles. The summed E-state index contributed by atoms with van der Waals surface area (Å²) in [5, 5.41) is 21.1. The number of carboxylic acids is 1. The number of carboxylic acid groups (broad SMARTS) is 1. The molecule has 0 radical (unpaired) electrons. The van der Waals surface area contributed by atoms with Gasteiger partial charge in [-0.2, -0.15) is 0 Å². The fraction of sp³-hybridized carbons (Fsp3) is 0.214. The summed E-state index contributed by atoms with van der Waals surface area (Å²) in [5.74, 6) is -1.42. The van der Waals surface area contributed by atoms with E-state index in [0.717, 1.165) is 30.0 Å². The zero-order valence-electron chi connectivity index (χ0n) is 19.9. The summed E-state index contributed by atoms with van der Waals surface area (Å²) < 4.78 is 0. The molecule has 0 bridgehead atoms. The van der Waals surface area contributed by atoms with Crippen LogP contribution in [0.5, 0.6) is 0 Å². The Morgan fingerprint density at radius 3 is 2.39 bits per heavy atom. The average molecular weight is 486 g/mol. The summed E-state index contributed by atoms with van der Waals surface area (Å²) in [4.78, 5) is 39.5. The molecule has 4 rings (SSSR count). The van der Waals surface area contributed by atoms with Gasteiger partial charge in [0.2, 0.25) is 5.91 Å². The molecule has 0 fully saturated rings. The Morgan fingerprint density at radius 1 is 1.00 bits per heavy atom. The van der Waals surface area contributed by atoms with Gasteiger partial charge in [0.1, 0.15) is 11.7 Å². The van der Waals surface area contributed by atoms with E-state index < -0.39 is 16.9 Å². The predicted octanol–water partition coefficient (Wildman–Crippen LogP) is 4.97. The number of aromatic carboxylic acids is 1. The highest BCUT2D eigenvalue weighted by molar-refractivity contribution is 5.92. The number of aryl methyl sites for hydroxylation is 2. The maximum absolute atomic E-state index is 13.6. The number of anilines is 1. The van der Waals surface area contributed by atoms with Crippen molar-refractivity contribution in [2.75, 3.05) is 11.4 Å². The first-order valence-electron chi connectivity index (χ1n) is 11.7. The van der Waals surface area contributed by atoms with E-state index >= 15 is 0 Å². The minimum absolute atomic E-state index is 0.164. The minimum atomic E-state index is -1.25. The van der Waals surface area contributed by atoms with Crippen LogP contribution in [0.4, 0.5) is 11.4 Å². The number of nitro benzene ring substituents is 1. The third kappa shape index (κ3) is 5.60. The van der Waals surface area contributed by atoms with Crippen LogP contribution in [-0.2, 0) is 17.6 Å². The van der Waals surface area contributed by atoms with Gasteiger partial charge in [0.15, 0.2) is 0 Å². The van der Waals surface area contributed by atoms with Gasteiger partial charge in [0.25, 0.3) is 5.69 Å². The largest absolute Gasteiger partial charge is 0.478 e. The molecule has 0 aromatic heterocycles. The molecule has 1 amide bonds. The van der Waals surface area contributed by atoms with Gasteiger partial charge in [-0.3, -0.25) is 14.9 Å². The molecule has 1 atom stereocenters. The third-order valence-corrected chi connectivity index (χ3v) is 6.27. The normalized spacial score (nSPS) is 15.2. The Balaban J connectivity index is 1.64. The van der Waals surface area contributed by atoms with Crippen LogP contribution in [0.15, 0.2) is 85.2 Å². The second kappa shape index (κ2) is 10.9. The highest BCUT2D eigenvalue weighted by Gasteiger charge is 2.35. The van der Waals surface area contributed by atoms with Crippen molar-refractivity contribution >= 4 is 23.3 Å². The van der Waals surface area contributed by atoms with Crippen LogP contribution in [0.3, 0.4) is 0 Å². The average Bonchev–Trinajstić information content (AvgIpc) is 2.87. The van der Waals surface area contributed by atoms with Crippen molar-refractivity contribution in [3.8, 4) is 0 Å². The fourth-order valence-corrected chi connectivity index (χ4v) is 4.33. The molecule has 184 valence electrons. The lowest BCUT2D eigenvalue weighted by molar-refractivity contribution is -0.384. The van der Waals surface area contributed by atoms with E-state index in [1.807, 2.05) is 49.4 Å². The zero-order chi connectivity index (χ0) is 25.7. The van der Waals surface area contributed by atoms with Crippen LogP contribution in [0.2, 0.25) is 0 Å². The van der Waals surface area contributed by atoms with E-state index in [0.29, 0.717) is 13.0 Å². The molecule has 0 spiro atoms. The second-order valence-corrected chi connectivity index (χ2v) is 8.80. The lowest BCUT2D eigenvalue weighted by atomic mass is 9.99. The molecule has 3 aromatic carbocycles. The van der Waals surface area contributed by atoms with Crippen molar-refractivity contribution in [2.24, 2.45) is 0 Å². The lowest BCUT2D eigenvalue weighted by Gasteiger charge is -2.37. The van der Waals surface area contributed by atoms with E-state index in [4.69, 9.17) is 0 Å². The van der Waals surface area contributed by atoms with Crippen LogP contribution in [-0.4, -0.2) is 39.4 Å². The molecular formula is C28H27N3O5. The molecule has 1 aliphatic rings. The highest BCUT2D eigenvalue weighted by atomic mass is 16.6. The molecular weight excluding hydrogens is 458 g/mol. The van der Waals surface area contributed by atoms with Crippen LogP contribution in [0, 0.1) is 17.0 Å². The summed E-state index contributed by atoms with van der Waals surface area (Å²) in [7, 11) is 0. The van der Waals surface area contributed by atoms with Crippen LogP contribution < -0.4 is 4.90 Å². The smallest absolute Gasteiger partial charge is 0.335 e. The molecule has 0 saturated carbocycles. The monoisotopic (exact) mass is 485 g/mol. The molecule has 0 unspecified atom stereocenters. The summed E-state index contributed by atoms with van der Waals surface area (Å²) in [6.45, 7) is 2.49. The van der Waals surface area contributed by atoms with Gasteiger partial charge in [0.05, 0.1) is 10.5 Å². The number of amides is 1. The summed E-state index contributed by atoms with van der Waals surface area (Å²) in [6.07, 6.45) is 5.26. The number of nitrogens with zero attached hydrogens (tertiary/aromatic N) is 3. The number of benzene rings is 3. The predicted molar refractivity (Wildman–Crippen MR) is 137 cm³/mol. The summed E-state index contributed by atoms with van der Waals surface area (Å²) in [6, 6.07) is 20.9. The number of hydrogen-bond acceptors (Lipinski definition) is 5. The Morgan fingerprint density at radius 2 is 1.72 bits per heavy atom. The highest BCUT2D eigenvalue weighted by Crippen LogP contribution is 2.34. The van der Waals surface area contributed by atoms with Gasteiger partial charge < -0.3 is 14.9 Å². The van der Waals surface area contributed by atoms with E-state index in [1.165, 1.54) is 17.7 Å². The fourth-order valence-electron chi connectivity index (χ4n) is 4.33. The molecule has 1 heterocycles. The number of rotatable bonds is 9. The maximum atomic E-state index is 13.6. The molecule has 36 heavy (non-hydrogen) atoms. The second-order valence-electron chi connectivity index (χ2n) is 8.80. The molecule has 3 aromatic rings. The molecule has 8 nitrogen and oxygen atoms in total. The summed E-state index contributed by atoms with van der Waals surface area (Å²) in [5.41, 5.74) is 2.84. The quantitative estimate of drug-likeness (QED) is 0.339. The Hall–Kier alpha value is -4.46. The summed E-state index contributed by atoms with van der Waals surface area (Å²) >= 11 is 0. The van der Waals surface area contributed by atoms with E-state index in [1.54, 1.807) is 22.2 Å². The van der Waals surface area contributed by atoms with Gasteiger partial charge in [-0.15, -0.1) is 0 Å². The third-order valence-electron chi connectivity index (χ3n) is 6.27. The van der Waals surface area contributed by atoms with Crippen LogP contribution >= 0.6 is 0 Å². The van der Waals surface area contributed by atoms with Crippen molar-refractivity contribution < 1.29 is 19.6 Å². The first-order valence-corrected chi connectivity index (χ1v) is 11.7. The Kier molecular flexibility index (Phi) is 7.44. The Bertz CT molecular complexity index is 1290. The minimum Gasteiger partial charge on any atom is -0.478 e. The van der Waals surface area contributed by atoms with Gasteiger partial charge in [-0.1, -0.05) is 60.2 Å². The van der Waals surface area contributed by atoms with Crippen molar-refractivity contribution in [1.29, 1.82) is 0 Å². The lowest BCUT2D eigenvalue weighted by Crippen LogP contribution is -2.50. The number of carbonyl (C=O) groups excluding carboxylic acids is 1. The molecule has 1 N–H and O–H groups in total. The van der Waals surface area contributed by atoms with E-state index in [2.05, 4.69) is 12.1 Å². The number of nitro groups is 1. The van der Waals surface area contributed by atoms with Gasteiger partial charge in [-0.25, -0.2) is 4.79 Å². The van der Waals surface area contributed by atoms with Gasteiger partial charge >= 0.3 is 5.97 Å². The first kappa shape index (κ1) is 24.7. The molecule has 1 aliphatic heterocycles. The van der Waals surface area contributed by atoms with Gasteiger partial charge in [-0.05, 0) is 43.0 Å². The van der Waals surface area contributed by atoms with Crippen molar-refractivity contribution in [2.45, 2.75) is 32.2 Å². The Labute approximate surface area is 209 Å².